The van der Waals surface area contributed by atoms with E-state index in [1.54, 1.807) is 6.08 Å². The normalized spacial score (nSPS) is 22.8. The topological polar surface area (TPSA) is 38.3 Å². The third-order valence-corrected chi connectivity index (χ3v) is 1.25. The molecule has 3 nitrogen and oxygen atoms in total. The Labute approximate surface area is 66.2 Å². The van der Waals surface area contributed by atoms with Crippen molar-refractivity contribution in [1.82, 2.24) is 5.32 Å². The lowest BCUT2D eigenvalue weighted by Crippen LogP contribution is -2.35. The van der Waals surface area contributed by atoms with E-state index in [1.807, 2.05) is 0 Å². The molecule has 1 atom stereocenters. The molecule has 1 heterocycles. The van der Waals surface area contributed by atoms with Gasteiger partial charge in [0.1, 0.15) is 6.04 Å². The average molecular weight is 181 g/mol. The molecule has 1 rings (SSSR count). The number of ether oxygens (including phenoxy) is 1. The van der Waals surface area contributed by atoms with Gasteiger partial charge in [0.15, 0.2) is 0 Å². The molecule has 0 radical (unpaired) electrons. The molecule has 0 saturated heterocycles. The Morgan fingerprint density at radius 2 is 2.25 bits per heavy atom. The molecule has 1 unspecified atom stereocenters. The fourth-order valence-electron chi connectivity index (χ4n) is 0.807. The summed E-state index contributed by atoms with van der Waals surface area (Å²) in [6.07, 6.45) is -2.01. The van der Waals surface area contributed by atoms with Crippen molar-refractivity contribution in [3.05, 3.63) is 12.2 Å². The summed E-state index contributed by atoms with van der Waals surface area (Å²) in [6, 6.07) is -0.966. The van der Waals surface area contributed by atoms with Crippen molar-refractivity contribution >= 4 is 5.97 Å². The Bertz CT molecular complexity index is 211. The number of carbonyl (C=O) groups excluding carboxylic acids is 1. The third-order valence-electron chi connectivity index (χ3n) is 1.25. The van der Waals surface area contributed by atoms with Crippen LogP contribution in [0, 0.1) is 0 Å². The first-order valence-corrected chi connectivity index (χ1v) is 3.19. The Kier molecular flexibility index (Phi) is 2.37. The highest BCUT2D eigenvalue weighted by molar-refractivity contribution is 5.78. The molecule has 0 bridgehead atoms. The van der Waals surface area contributed by atoms with Crippen LogP contribution in [0.1, 0.15) is 0 Å². The van der Waals surface area contributed by atoms with Crippen molar-refractivity contribution < 1.29 is 22.7 Å². The minimum absolute atomic E-state index is 0.387. The molecule has 1 aliphatic heterocycles. The van der Waals surface area contributed by atoms with Crippen LogP contribution in [0.3, 0.4) is 0 Å². The van der Waals surface area contributed by atoms with Gasteiger partial charge >= 0.3 is 12.3 Å². The van der Waals surface area contributed by atoms with Gasteiger partial charge in [-0.15, -0.1) is 13.2 Å². The zero-order valence-electron chi connectivity index (χ0n) is 5.89. The molecule has 0 aliphatic carbocycles. The Morgan fingerprint density at radius 1 is 1.58 bits per heavy atom. The summed E-state index contributed by atoms with van der Waals surface area (Å²) in [4.78, 5) is 10.6. The molecular formula is C6H6F3NO2. The standard InChI is InChI=1S/C6H6F3NO2/c7-6(8,9)12-5(11)4-2-1-3-10-4/h1-2,4,10H,3H2. The van der Waals surface area contributed by atoms with Crippen LogP contribution in [0.25, 0.3) is 0 Å². The van der Waals surface area contributed by atoms with Crippen molar-refractivity contribution in [3.8, 4) is 0 Å². The summed E-state index contributed by atoms with van der Waals surface area (Å²) < 4.78 is 37.6. The number of esters is 1. The zero-order valence-corrected chi connectivity index (χ0v) is 5.89. The van der Waals surface area contributed by atoms with Gasteiger partial charge < -0.3 is 4.74 Å². The van der Waals surface area contributed by atoms with Crippen molar-refractivity contribution in [3.63, 3.8) is 0 Å². The fourth-order valence-corrected chi connectivity index (χ4v) is 0.807. The summed E-state index contributed by atoms with van der Waals surface area (Å²) in [5.41, 5.74) is 0. The molecular weight excluding hydrogens is 175 g/mol. The smallest absolute Gasteiger partial charge is 0.371 e. The molecule has 68 valence electrons. The molecule has 12 heavy (non-hydrogen) atoms. The number of alkyl halides is 3. The number of rotatable bonds is 1. The lowest BCUT2D eigenvalue weighted by Gasteiger charge is -2.10. The second kappa shape index (κ2) is 3.14. The van der Waals surface area contributed by atoms with E-state index in [-0.39, 0.29) is 0 Å². The summed E-state index contributed by atoms with van der Waals surface area (Å²) in [7, 11) is 0. The Morgan fingerprint density at radius 3 is 2.67 bits per heavy atom. The van der Waals surface area contributed by atoms with Crippen LogP contribution in [0.4, 0.5) is 13.2 Å². The quantitative estimate of drug-likeness (QED) is 0.475. The van der Waals surface area contributed by atoms with E-state index in [4.69, 9.17) is 0 Å². The van der Waals surface area contributed by atoms with E-state index in [2.05, 4.69) is 10.1 Å². The monoisotopic (exact) mass is 181 g/mol. The molecule has 0 spiro atoms. The fraction of sp³-hybridized carbons (Fsp3) is 0.500. The van der Waals surface area contributed by atoms with Crippen molar-refractivity contribution in [1.29, 1.82) is 0 Å². The average Bonchev–Trinajstić information content (AvgIpc) is 2.32. The highest BCUT2D eigenvalue weighted by atomic mass is 19.4. The highest BCUT2D eigenvalue weighted by Crippen LogP contribution is 2.17. The number of halogens is 3. The predicted molar refractivity (Wildman–Crippen MR) is 33.1 cm³/mol. The summed E-state index contributed by atoms with van der Waals surface area (Å²) in [5.74, 6) is -1.32. The molecule has 0 aromatic heterocycles. The highest BCUT2D eigenvalue weighted by Gasteiger charge is 2.36. The number of carbonyl (C=O) groups is 1. The number of hydrogen-bond donors (Lipinski definition) is 1. The van der Waals surface area contributed by atoms with Gasteiger partial charge in [0.2, 0.25) is 0 Å². The van der Waals surface area contributed by atoms with Crippen LogP contribution in [0.5, 0.6) is 0 Å². The van der Waals surface area contributed by atoms with E-state index >= 15 is 0 Å². The third kappa shape index (κ3) is 2.54. The summed E-state index contributed by atoms with van der Waals surface area (Å²) in [6.45, 7) is 0.387. The van der Waals surface area contributed by atoms with E-state index in [0.717, 1.165) is 0 Å². The first-order chi connectivity index (χ1) is 5.49. The molecule has 0 aromatic rings. The van der Waals surface area contributed by atoms with E-state index in [0.29, 0.717) is 6.54 Å². The predicted octanol–water partition coefficient (Wildman–Crippen LogP) is 0.577. The first-order valence-electron chi connectivity index (χ1n) is 3.19. The molecule has 0 saturated carbocycles. The van der Waals surface area contributed by atoms with Crippen LogP contribution < -0.4 is 5.32 Å². The van der Waals surface area contributed by atoms with Gasteiger partial charge in [0.05, 0.1) is 0 Å². The van der Waals surface area contributed by atoms with Crippen molar-refractivity contribution in [2.24, 2.45) is 0 Å². The SMILES string of the molecule is O=C(OC(F)(F)F)C1C=CCN1. The maximum Gasteiger partial charge on any atom is 0.575 e. The van der Waals surface area contributed by atoms with Crippen LogP contribution in [-0.4, -0.2) is 24.9 Å². The van der Waals surface area contributed by atoms with Gasteiger partial charge in [0.25, 0.3) is 0 Å². The second-order valence-corrected chi connectivity index (χ2v) is 2.18. The maximum absolute atomic E-state index is 11.5. The van der Waals surface area contributed by atoms with Crippen LogP contribution in [0.15, 0.2) is 12.2 Å². The molecule has 0 amide bonds. The van der Waals surface area contributed by atoms with E-state index in [9.17, 15) is 18.0 Å². The van der Waals surface area contributed by atoms with Gasteiger partial charge in [-0.05, 0) is 0 Å². The molecule has 0 aromatic carbocycles. The molecule has 1 aliphatic rings. The largest absolute Gasteiger partial charge is 0.575 e. The molecule has 0 fully saturated rings. The zero-order chi connectivity index (χ0) is 9.19. The minimum atomic E-state index is -4.89. The van der Waals surface area contributed by atoms with Crippen LogP contribution >= 0.6 is 0 Å². The van der Waals surface area contributed by atoms with Crippen LogP contribution in [0.2, 0.25) is 0 Å². The van der Waals surface area contributed by atoms with Crippen molar-refractivity contribution in [2.75, 3.05) is 6.54 Å². The summed E-state index contributed by atoms with van der Waals surface area (Å²) in [5, 5.41) is 2.49. The Hall–Kier alpha value is -1.04. The van der Waals surface area contributed by atoms with Crippen molar-refractivity contribution in [2.45, 2.75) is 12.4 Å². The molecule has 1 N–H and O–H groups in total. The summed E-state index contributed by atoms with van der Waals surface area (Å²) >= 11 is 0. The van der Waals surface area contributed by atoms with Crippen LogP contribution in [-0.2, 0) is 9.53 Å². The van der Waals surface area contributed by atoms with E-state index < -0.39 is 18.4 Å². The van der Waals surface area contributed by atoms with Gasteiger partial charge in [-0.2, -0.15) is 0 Å². The first kappa shape index (κ1) is 9.05. The van der Waals surface area contributed by atoms with Gasteiger partial charge in [-0.3, -0.25) is 5.32 Å². The second-order valence-electron chi connectivity index (χ2n) is 2.18. The van der Waals surface area contributed by atoms with Gasteiger partial charge in [-0.25, -0.2) is 4.79 Å². The van der Waals surface area contributed by atoms with E-state index in [1.165, 1.54) is 6.08 Å². The lowest BCUT2D eigenvalue weighted by atomic mass is 10.3. The molecule has 6 heteroatoms. The maximum atomic E-state index is 11.5. The number of hydrogen-bond acceptors (Lipinski definition) is 3. The lowest BCUT2D eigenvalue weighted by molar-refractivity contribution is -0.306. The van der Waals surface area contributed by atoms with Gasteiger partial charge in [-0.1, -0.05) is 12.2 Å². The minimum Gasteiger partial charge on any atom is -0.371 e. The van der Waals surface area contributed by atoms with Gasteiger partial charge in [0, 0.05) is 6.54 Å². The number of nitrogens with one attached hydrogen (secondary N) is 1. The Balaban J connectivity index is 2.43.